The summed E-state index contributed by atoms with van der Waals surface area (Å²) in [4.78, 5) is 15.9. The Morgan fingerprint density at radius 2 is 1.90 bits per heavy atom. The van der Waals surface area contributed by atoms with E-state index in [9.17, 15) is 9.90 Å². The van der Waals surface area contributed by atoms with Gasteiger partial charge in [0.15, 0.2) is 8.32 Å². The summed E-state index contributed by atoms with van der Waals surface area (Å²) in [6.07, 6.45) is 4.19. The second-order valence-corrected chi connectivity index (χ2v) is 18.9. The molecule has 1 saturated carbocycles. The van der Waals surface area contributed by atoms with Crippen molar-refractivity contribution in [2.24, 2.45) is 11.8 Å². The average molecular weight is 559 g/mol. The lowest BCUT2D eigenvalue weighted by Gasteiger charge is -2.56. The number of benzene rings is 1. The van der Waals surface area contributed by atoms with E-state index in [1.54, 1.807) is 7.11 Å². The molecule has 4 atom stereocenters. The van der Waals surface area contributed by atoms with Crippen LogP contribution in [0, 0.1) is 11.8 Å². The average Bonchev–Trinajstić information content (AvgIpc) is 3.33. The second-order valence-electron chi connectivity index (χ2n) is 14.1. The van der Waals surface area contributed by atoms with Gasteiger partial charge in [0.2, 0.25) is 0 Å². The zero-order valence-corrected chi connectivity index (χ0v) is 26.7. The first-order valence-corrected chi connectivity index (χ1v) is 17.4. The lowest BCUT2D eigenvalue weighted by Crippen LogP contribution is -2.69. The molecule has 1 aromatic carbocycles. The Hall–Kier alpha value is -1.87. The first kappa shape index (κ1) is 30.1. The summed E-state index contributed by atoms with van der Waals surface area (Å²) in [5.74, 6) is 0.956. The van der Waals surface area contributed by atoms with E-state index in [1.807, 2.05) is 44.7 Å². The molecule has 218 valence electrons. The molecule has 8 heteroatoms. The Balaban J connectivity index is 1.94. The van der Waals surface area contributed by atoms with Crippen LogP contribution in [0.2, 0.25) is 18.1 Å². The molecule has 2 N–H and O–H groups in total. The SMILES string of the molecule is C/C=C(/CO)[C@@H]1CCC23NCC[C@]2(c2cc(OC)ccc2N3C(=O)OC(C)(C)C)[C@@H]1CO[Si](C)(C)C(C)(C)C. The van der Waals surface area contributed by atoms with Crippen LogP contribution in [0.15, 0.2) is 29.8 Å². The van der Waals surface area contributed by atoms with Gasteiger partial charge in [-0.25, -0.2) is 4.79 Å². The highest BCUT2D eigenvalue weighted by atomic mass is 28.4. The highest BCUT2D eigenvalue weighted by Gasteiger charge is 2.72. The van der Waals surface area contributed by atoms with Crippen LogP contribution in [-0.2, 0) is 14.6 Å². The summed E-state index contributed by atoms with van der Waals surface area (Å²) in [7, 11) is -0.393. The Morgan fingerprint density at radius 1 is 1.21 bits per heavy atom. The number of ether oxygens (including phenoxy) is 2. The normalized spacial score (nSPS) is 29.1. The fourth-order valence-corrected chi connectivity index (χ4v) is 8.12. The lowest BCUT2D eigenvalue weighted by molar-refractivity contribution is 0.0108. The molecular weight excluding hydrogens is 508 g/mol. The molecule has 1 amide bonds. The number of nitrogens with one attached hydrogen (secondary N) is 1. The van der Waals surface area contributed by atoms with Gasteiger partial charge in [-0.2, -0.15) is 0 Å². The first-order chi connectivity index (χ1) is 18.1. The third kappa shape index (κ3) is 4.75. The van der Waals surface area contributed by atoms with Gasteiger partial charge in [-0.3, -0.25) is 10.2 Å². The second kappa shape index (κ2) is 10.2. The van der Waals surface area contributed by atoms with Crippen LogP contribution in [0.25, 0.3) is 0 Å². The minimum Gasteiger partial charge on any atom is -0.497 e. The van der Waals surface area contributed by atoms with Gasteiger partial charge in [0.1, 0.15) is 17.0 Å². The van der Waals surface area contributed by atoms with E-state index < -0.39 is 25.0 Å². The van der Waals surface area contributed by atoms with Crippen molar-refractivity contribution in [1.82, 2.24) is 5.32 Å². The first-order valence-electron chi connectivity index (χ1n) is 14.5. The number of aliphatic hydroxyl groups is 1. The van der Waals surface area contributed by atoms with E-state index >= 15 is 0 Å². The van der Waals surface area contributed by atoms with E-state index in [-0.39, 0.29) is 29.6 Å². The van der Waals surface area contributed by atoms with Crippen LogP contribution in [0.1, 0.15) is 73.3 Å². The molecular formula is C31H50N2O5Si. The zero-order chi connectivity index (χ0) is 29.0. The molecule has 1 saturated heterocycles. The van der Waals surface area contributed by atoms with Crippen molar-refractivity contribution < 1.29 is 23.8 Å². The van der Waals surface area contributed by atoms with Gasteiger partial charge in [0.25, 0.3) is 0 Å². The molecule has 1 aromatic rings. The number of hydrogen-bond donors (Lipinski definition) is 2. The summed E-state index contributed by atoms with van der Waals surface area (Å²) >= 11 is 0. The van der Waals surface area contributed by atoms with Gasteiger partial charge >= 0.3 is 6.09 Å². The van der Waals surface area contributed by atoms with Crippen LogP contribution < -0.4 is 15.0 Å². The summed E-state index contributed by atoms with van der Waals surface area (Å²) in [5, 5.41) is 14.4. The predicted octanol–water partition coefficient (Wildman–Crippen LogP) is 6.36. The molecule has 1 aliphatic carbocycles. The maximum atomic E-state index is 14.0. The molecule has 39 heavy (non-hydrogen) atoms. The molecule has 2 fully saturated rings. The molecule has 7 nitrogen and oxygen atoms in total. The van der Waals surface area contributed by atoms with Crippen LogP contribution in [0.4, 0.5) is 10.5 Å². The maximum absolute atomic E-state index is 14.0. The standard InChI is InChI=1S/C31H50N2O5Si/c1-11-21(19-34)23-14-15-31-30(16-17-32-31,25(23)20-37-39(9,10)29(5,6)7)24-18-22(36-8)12-13-26(24)33(31)27(35)38-28(2,3)4/h11-13,18,23,25,32,34H,14-17,19-20H2,1-10H3/b21-11-/t23-,25+,30-,31?/m0/s1. The van der Waals surface area contributed by atoms with Crippen molar-refractivity contribution in [3.8, 4) is 5.75 Å². The predicted molar refractivity (Wildman–Crippen MR) is 159 cm³/mol. The third-order valence-corrected chi connectivity index (χ3v) is 14.5. The fraction of sp³-hybridized carbons (Fsp3) is 0.710. The number of fused-ring (bicyclic) bond motifs is 1. The molecule has 0 spiro atoms. The number of methoxy groups -OCH3 is 1. The molecule has 2 heterocycles. The largest absolute Gasteiger partial charge is 0.497 e. The zero-order valence-electron chi connectivity index (χ0n) is 25.7. The van der Waals surface area contributed by atoms with Gasteiger partial charge in [-0.15, -0.1) is 0 Å². The van der Waals surface area contributed by atoms with E-state index in [1.165, 1.54) is 0 Å². The van der Waals surface area contributed by atoms with Crippen LogP contribution >= 0.6 is 0 Å². The Morgan fingerprint density at radius 3 is 2.46 bits per heavy atom. The third-order valence-electron chi connectivity index (χ3n) is 9.95. The summed E-state index contributed by atoms with van der Waals surface area (Å²) in [6.45, 7) is 20.5. The molecule has 0 radical (unpaired) electrons. The van der Waals surface area contributed by atoms with Gasteiger partial charge in [0.05, 0.1) is 19.4 Å². The fourth-order valence-electron chi connectivity index (χ4n) is 7.09. The molecule has 3 aliphatic rings. The monoisotopic (exact) mass is 558 g/mol. The summed E-state index contributed by atoms with van der Waals surface area (Å²) in [5.41, 5.74) is 1.34. The number of amides is 1. The highest BCUT2D eigenvalue weighted by molar-refractivity contribution is 6.74. The lowest BCUT2D eigenvalue weighted by atomic mass is 9.54. The molecule has 2 aliphatic heterocycles. The highest BCUT2D eigenvalue weighted by Crippen LogP contribution is 2.66. The minimum atomic E-state index is -2.08. The number of aliphatic hydroxyl groups excluding tert-OH is 1. The van der Waals surface area contributed by atoms with Gasteiger partial charge in [0, 0.05) is 17.9 Å². The van der Waals surface area contributed by atoms with Crippen molar-refractivity contribution in [2.45, 2.75) is 103 Å². The van der Waals surface area contributed by atoms with Gasteiger partial charge in [-0.1, -0.05) is 26.8 Å². The van der Waals surface area contributed by atoms with Gasteiger partial charge in [-0.05, 0) is 107 Å². The molecule has 0 bridgehead atoms. The van der Waals surface area contributed by atoms with Gasteiger partial charge < -0.3 is 19.0 Å². The number of nitrogens with zero attached hydrogens (tertiary/aromatic N) is 1. The summed E-state index contributed by atoms with van der Waals surface area (Å²) in [6, 6.07) is 6.06. The molecule has 1 unspecified atom stereocenters. The van der Waals surface area contributed by atoms with Crippen molar-refractivity contribution >= 4 is 20.1 Å². The number of carbonyl (C=O) groups is 1. The van der Waals surface area contributed by atoms with Crippen molar-refractivity contribution in [2.75, 3.05) is 31.8 Å². The number of hydrogen-bond acceptors (Lipinski definition) is 6. The quantitative estimate of drug-likeness (QED) is 0.312. The summed E-state index contributed by atoms with van der Waals surface area (Å²) < 4.78 is 18.7. The number of rotatable bonds is 6. The number of anilines is 1. The Kier molecular flexibility index (Phi) is 7.87. The molecule has 4 rings (SSSR count). The number of allylic oxidation sites excluding steroid dienone is 1. The van der Waals surface area contributed by atoms with E-state index in [4.69, 9.17) is 13.9 Å². The minimum absolute atomic E-state index is 0.0228. The topological polar surface area (TPSA) is 80.3 Å². The van der Waals surface area contributed by atoms with Crippen LogP contribution in [0.3, 0.4) is 0 Å². The Labute approximate surface area is 236 Å². The number of carbonyl (C=O) groups excluding carboxylic acids is 1. The van der Waals surface area contributed by atoms with Crippen molar-refractivity contribution in [3.05, 3.63) is 35.4 Å². The van der Waals surface area contributed by atoms with Crippen LogP contribution in [0.5, 0.6) is 5.75 Å². The molecule has 0 aromatic heterocycles. The van der Waals surface area contributed by atoms with E-state index in [2.05, 4.69) is 51.3 Å². The Bertz CT molecular complexity index is 1120. The maximum Gasteiger partial charge on any atom is 0.416 e. The smallest absolute Gasteiger partial charge is 0.416 e. The van der Waals surface area contributed by atoms with E-state index in [0.717, 1.165) is 48.4 Å². The van der Waals surface area contributed by atoms with Crippen molar-refractivity contribution in [3.63, 3.8) is 0 Å². The van der Waals surface area contributed by atoms with E-state index in [0.29, 0.717) is 6.61 Å². The van der Waals surface area contributed by atoms with Crippen LogP contribution in [-0.4, -0.2) is 57.6 Å². The van der Waals surface area contributed by atoms with Crippen molar-refractivity contribution in [1.29, 1.82) is 0 Å².